The fourth-order valence-corrected chi connectivity index (χ4v) is 4.49. The lowest BCUT2D eigenvalue weighted by atomic mass is 10.1. The van der Waals surface area contributed by atoms with Crippen molar-refractivity contribution in [3.8, 4) is 0 Å². The van der Waals surface area contributed by atoms with E-state index in [2.05, 4.69) is 30.6 Å². The molecule has 2 heterocycles. The first-order chi connectivity index (χ1) is 15.9. The molecule has 2 aromatic heterocycles. The Kier molecular flexibility index (Phi) is 5.42. The number of benzene rings is 3. The van der Waals surface area contributed by atoms with Crippen LogP contribution in [0.4, 0.5) is 4.39 Å². The van der Waals surface area contributed by atoms with E-state index in [1.54, 1.807) is 31.3 Å². The summed E-state index contributed by atoms with van der Waals surface area (Å²) in [5.74, 6) is 0.263. The molecule has 0 amide bonds. The van der Waals surface area contributed by atoms with Crippen molar-refractivity contribution in [3.63, 3.8) is 0 Å². The molecule has 0 saturated carbocycles. The van der Waals surface area contributed by atoms with Crippen LogP contribution in [0.2, 0.25) is 0 Å². The van der Waals surface area contributed by atoms with Gasteiger partial charge >= 0.3 is 0 Å². The predicted molar refractivity (Wildman–Crippen MR) is 134 cm³/mol. The number of aryl methyl sites for hydroxylation is 1. The monoisotopic (exact) mass is 502 g/mol. The van der Waals surface area contributed by atoms with Gasteiger partial charge in [0, 0.05) is 32.2 Å². The lowest BCUT2D eigenvalue weighted by Gasteiger charge is -2.09. The molecule has 5 nitrogen and oxygen atoms in total. The van der Waals surface area contributed by atoms with Crippen molar-refractivity contribution in [1.29, 1.82) is 0 Å². The van der Waals surface area contributed by atoms with Crippen molar-refractivity contribution in [3.05, 3.63) is 110 Å². The lowest BCUT2D eigenvalue weighted by Crippen LogP contribution is -2.20. The number of hydrogen-bond acceptors (Lipinski definition) is 3. The van der Waals surface area contributed by atoms with Crippen molar-refractivity contribution in [2.75, 3.05) is 0 Å². The Morgan fingerprint density at radius 3 is 2.61 bits per heavy atom. The second kappa shape index (κ2) is 8.41. The molecule has 5 aromatic rings. The van der Waals surface area contributed by atoms with Crippen molar-refractivity contribution in [2.45, 2.75) is 20.4 Å². The molecule has 0 atom stereocenters. The van der Waals surface area contributed by atoms with Crippen LogP contribution >= 0.6 is 15.9 Å². The van der Waals surface area contributed by atoms with E-state index in [0.29, 0.717) is 28.8 Å². The molecule has 0 fully saturated rings. The van der Waals surface area contributed by atoms with Crippen LogP contribution in [-0.2, 0) is 6.54 Å². The van der Waals surface area contributed by atoms with Gasteiger partial charge in [0.1, 0.15) is 11.6 Å². The number of aromatic nitrogens is 3. The van der Waals surface area contributed by atoms with Gasteiger partial charge < -0.3 is 4.57 Å². The molecule has 0 aliphatic carbocycles. The summed E-state index contributed by atoms with van der Waals surface area (Å²) in [4.78, 5) is 17.6. The zero-order chi connectivity index (χ0) is 23.1. The van der Waals surface area contributed by atoms with Crippen LogP contribution in [-0.4, -0.2) is 20.4 Å². The van der Waals surface area contributed by atoms with Gasteiger partial charge in [0.25, 0.3) is 5.56 Å². The molecule has 0 aliphatic heterocycles. The highest BCUT2D eigenvalue weighted by Gasteiger charge is 2.15. The molecule has 164 valence electrons. The molecule has 33 heavy (non-hydrogen) atoms. The molecule has 5 rings (SSSR count). The van der Waals surface area contributed by atoms with E-state index in [1.165, 1.54) is 10.7 Å². The van der Waals surface area contributed by atoms with E-state index < -0.39 is 0 Å². The molecule has 0 radical (unpaired) electrons. The summed E-state index contributed by atoms with van der Waals surface area (Å²) in [6.45, 7) is 4.14. The molecule has 0 aliphatic rings. The maximum atomic E-state index is 14.3. The lowest BCUT2D eigenvalue weighted by molar-refractivity contribution is 0.600. The first-order valence-electron chi connectivity index (χ1n) is 10.5. The maximum absolute atomic E-state index is 14.3. The zero-order valence-electron chi connectivity index (χ0n) is 18.1. The molecule has 3 aromatic carbocycles. The van der Waals surface area contributed by atoms with Gasteiger partial charge in [0.05, 0.1) is 23.7 Å². The van der Waals surface area contributed by atoms with Gasteiger partial charge in [-0.05, 0) is 44.2 Å². The Bertz CT molecular complexity index is 1620. The third-order valence-electron chi connectivity index (χ3n) is 5.84. The van der Waals surface area contributed by atoms with Crippen molar-refractivity contribution in [1.82, 2.24) is 14.2 Å². The van der Waals surface area contributed by atoms with E-state index in [1.807, 2.05) is 49.4 Å². The molecule has 0 spiro atoms. The molecule has 0 bridgehead atoms. The molecule has 0 N–H and O–H groups in total. The summed E-state index contributed by atoms with van der Waals surface area (Å²) in [6, 6.07) is 20.1. The Morgan fingerprint density at radius 2 is 1.79 bits per heavy atom. The second-order valence-corrected chi connectivity index (χ2v) is 8.79. The van der Waals surface area contributed by atoms with Gasteiger partial charge in [-0.15, -0.1) is 0 Å². The smallest absolute Gasteiger partial charge is 0.282 e. The summed E-state index contributed by atoms with van der Waals surface area (Å²) in [5.41, 5.74) is 3.80. The number of rotatable bonds is 4. The Hall–Kier alpha value is -3.58. The zero-order valence-corrected chi connectivity index (χ0v) is 19.7. The Morgan fingerprint density at radius 1 is 1.03 bits per heavy atom. The quantitative estimate of drug-likeness (QED) is 0.291. The third-order valence-corrected chi connectivity index (χ3v) is 6.33. The number of nitrogens with zero attached hydrogens (tertiary/aromatic N) is 4. The number of hydrogen-bond donors (Lipinski definition) is 0. The number of fused-ring (bicyclic) bond motifs is 2. The first-order valence-corrected chi connectivity index (χ1v) is 11.3. The number of para-hydroxylation sites is 1. The molecular formula is C26H20BrFN4O. The highest BCUT2D eigenvalue weighted by molar-refractivity contribution is 9.10. The highest BCUT2D eigenvalue weighted by atomic mass is 79.9. The van der Waals surface area contributed by atoms with E-state index in [9.17, 15) is 9.18 Å². The van der Waals surface area contributed by atoms with Gasteiger partial charge in [-0.25, -0.2) is 9.37 Å². The van der Waals surface area contributed by atoms with Gasteiger partial charge in [0.15, 0.2) is 0 Å². The molecular weight excluding hydrogens is 483 g/mol. The van der Waals surface area contributed by atoms with Crippen LogP contribution in [0.3, 0.4) is 0 Å². The molecule has 0 unspecified atom stereocenters. The SMILES string of the molecule is Cc1nc2ccc(Br)cc2c(=O)n1N=Cc1c(C)n(Cc2ccccc2F)c2ccccc12. The average molecular weight is 503 g/mol. The summed E-state index contributed by atoms with van der Waals surface area (Å²) in [5, 5.41) is 5.99. The summed E-state index contributed by atoms with van der Waals surface area (Å²) >= 11 is 3.41. The summed E-state index contributed by atoms with van der Waals surface area (Å²) < 4.78 is 18.5. The minimum absolute atomic E-state index is 0.234. The second-order valence-electron chi connectivity index (χ2n) is 7.88. The summed E-state index contributed by atoms with van der Waals surface area (Å²) in [7, 11) is 0. The van der Waals surface area contributed by atoms with Gasteiger partial charge in [0.2, 0.25) is 0 Å². The van der Waals surface area contributed by atoms with E-state index in [0.717, 1.165) is 26.6 Å². The minimum Gasteiger partial charge on any atom is -0.340 e. The number of halogens is 2. The van der Waals surface area contributed by atoms with Crippen LogP contribution in [0.25, 0.3) is 21.8 Å². The predicted octanol–water partition coefficient (Wildman–Crippen LogP) is 5.80. The van der Waals surface area contributed by atoms with Crippen LogP contribution in [0.15, 0.2) is 81.1 Å². The topological polar surface area (TPSA) is 52.2 Å². The van der Waals surface area contributed by atoms with E-state index >= 15 is 0 Å². The van der Waals surface area contributed by atoms with Gasteiger partial charge in [-0.1, -0.05) is 52.3 Å². The van der Waals surface area contributed by atoms with Crippen molar-refractivity contribution >= 4 is 44.0 Å². The maximum Gasteiger partial charge on any atom is 0.282 e. The fourth-order valence-electron chi connectivity index (χ4n) is 4.13. The van der Waals surface area contributed by atoms with E-state index in [-0.39, 0.29) is 11.4 Å². The first kappa shape index (κ1) is 21.3. The Balaban J connectivity index is 1.64. The van der Waals surface area contributed by atoms with Crippen molar-refractivity contribution < 1.29 is 4.39 Å². The van der Waals surface area contributed by atoms with Gasteiger partial charge in [-0.3, -0.25) is 4.79 Å². The fraction of sp³-hybridized carbons (Fsp3) is 0.115. The normalized spacial score (nSPS) is 11.8. The highest BCUT2D eigenvalue weighted by Crippen LogP contribution is 2.26. The largest absolute Gasteiger partial charge is 0.340 e. The van der Waals surface area contributed by atoms with Crippen molar-refractivity contribution in [2.24, 2.45) is 5.10 Å². The van der Waals surface area contributed by atoms with Crippen LogP contribution < -0.4 is 5.56 Å². The minimum atomic E-state index is -0.236. The average Bonchev–Trinajstić information content (AvgIpc) is 3.07. The van der Waals surface area contributed by atoms with E-state index in [4.69, 9.17) is 0 Å². The van der Waals surface area contributed by atoms with Crippen LogP contribution in [0.1, 0.15) is 22.6 Å². The van der Waals surface area contributed by atoms with Crippen LogP contribution in [0.5, 0.6) is 0 Å². The van der Waals surface area contributed by atoms with Crippen LogP contribution in [0, 0.1) is 19.7 Å². The molecule has 7 heteroatoms. The Labute approximate surface area is 197 Å². The standard InChI is InChI=1S/C26H20BrFN4O/c1-16-22(14-29-32-17(2)30-24-12-11-19(27)13-21(24)26(32)33)20-8-4-6-10-25(20)31(16)15-18-7-3-5-9-23(18)28/h3-14H,15H2,1-2H3. The van der Waals surface area contributed by atoms with Gasteiger partial charge in [-0.2, -0.15) is 9.78 Å². The third kappa shape index (κ3) is 3.78. The molecule has 0 saturated heterocycles. The summed E-state index contributed by atoms with van der Waals surface area (Å²) in [6.07, 6.45) is 1.69.